The molecular weight excluding hydrogens is 164 g/mol. The van der Waals surface area contributed by atoms with Crippen LogP contribution in [-0.4, -0.2) is 36.5 Å². The van der Waals surface area contributed by atoms with Gasteiger partial charge in [0.05, 0.1) is 0 Å². The fraction of sp³-hybridized carbons (Fsp3) is 0.700. The third-order valence-corrected chi connectivity index (χ3v) is 2.60. The quantitative estimate of drug-likeness (QED) is 0.651. The van der Waals surface area contributed by atoms with Crippen LogP contribution < -0.4 is 5.32 Å². The summed E-state index contributed by atoms with van der Waals surface area (Å²) in [7, 11) is 0. The van der Waals surface area contributed by atoms with Crippen LogP contribution in [0.2, 0.25) is 0 Å². The van der Waals surface area contributed by atoms with Crippen LogP contribution in [0.3, 0.4) is 0 Å². The van der Waals surface area contributed by atoms with Gasteiger partial charge in [-0.05, 0) is 32.0 Å². The van der Waals surface area contributed by atoms with Gasteiger partial charge in [0.2, 0.25) is 5.91 Å². The van der Waals surface area contributed by atoms with Crippen molar-refractivity contribution in [3.05, 3.63) is 12.7 Å². The van der Waals surface area contributed by atoms with Gasteiger partial charge in [-0.15, -0.1) is 0 Å². The lowest BCUT2D eigenvalue weighted by atomic mass is 10.2. The molecule has 13 heavy (non-hydrogen) atoms. The molecule has 1 heterocycles. The van der Waals surface area contributed by atoms with Crippen LogP contribution in [0.4, 0.5) is 0 Å². The summed E-state index contributed by atoms with van der Waals surface area (Å²) in [4.78, 5) is 13.3. The Labute approximate surface area is 79.8 Å². The number of carbonyl (C=O) groups excluding carboxylic acids is 1. The number of nitrogens with one attached hydrogen (secondary N) is 1. The average molecular weight is 182 g/mol. The first-order valence-corrected chi connectivity index (χ1v) is 4.92. The summed E-state index contributed by atoms with van der Waals surface area (Å²) in [6.07, 6.45) is 3.78. The molecule has 0 aliphatic carbocycles. The number of likely N-dealkylation sites (N-methyl/N-ethyl adjacent to an activating group) is 1. The zero-order valence-electron chi connectivity index (χ0n) is 8.25. The predicted molar refractivity (Wildman–Crippen MR) is 53.5 cm³/mol. The number of amides is 1. The second-order valence-corrected chi connectivity index (χ2v) is 3.37. The fourth-order valence-corrected chi connectivity index (χ4v) is 1.83. The molecule has 1 saturated heterocycles. The summed E-state index contributed by atoms with van der Waals surface area (Å²) < 4.78 is 0. The van der Waals surface area contributed by atoms with Crippen LogP contribution in [0.1, 0.15) is 19.8 Å². The molecule has 3 nitrogen and oxygen atoms in total. The van der Waals surface area contributed by atoms with E-state index in [4.69, 9.17) is 0 Å². The summed E-state index contributed by atoms with van der Waals surface area (Å²) in [5.41, 5.74) is 0. The van der Waals surface area contributed by atoms with Crippen molar-refractivity contribution in [2.75, 3.05) is 19.6 Å². The minimum absolute atomic E-state index is 0.0667. The molecule has 1 aliphatic heterocycles. The molecule has 1 unspecified atom stereocenters. The van der Waals surface area contributed by atoms with E-state index in [2.05, 4.69) is 23.7 Å². The van der Waals surface area contributed by atoms with Gasteiger partial charge in [0.25, 0.3) is 0 Å². The molecule has 0 spiro atoms. The Kier molecular flexibility index (Phi) is 3.96. The third kappa shape index (κ3) is 2.84. The van der Waals surface area contributed by atoms with E-state index in [9.17, 15) is 4.79 Å². The van der Waals surface area contributed by atoms with E-state index in [1.54, 1.807) is 0 Å². The topological polar surface area (TPSA) is 32.3 Å². The Morgan fingerprint density at radius 2 is 2.54 bits per heavy atom. The van der Waals surface area contributed by atoms with E-state index < -0.39 is 0 Å². The van der Waals surface area contributed by atoms with Crippen molar-refractivity contribution in [1.29, 1.82) is 0 Å². The highest BCUT2D eigenvalue weighted by atomic mass is 16.1. The first-order valence-electron chi connectivity index (χ1n) is 4.92. The maximum Gasteiger partial charge on any atom is 0.243 e. The van der Waals surface area contributed by atoms with Crippen molar-refractivity contribution in [2.45, 2.75) is 25.8 Å². The monoisotopic (exact) mass is 182 g/mol. The van der Waals surface area contributed by atoms with E-state index >= 15 is 0 Å². The molecule has 0 bridgehead atoms. The Morgan fingerprint density at radius 1 is 1.77 bits per heavy atom. The predicted octanol–water partition coefficient (Wildman–Crippen LogP) is 0.773. The number of carbonyl (C=O) groups is 1. The van der Waals surface area contributed by atoms with Crippen LogP contribution >= 0.6 is 0 Å². The normalized spacial score (nSPS) is 23.0. The van der Waals surface area contributed by atoms with Gasteiger partial charge in [-0.25, -0.2) is 0 Å². The van der Waals surface area contributed by atoms with Crippen molar-refractivity contribution in [3.63, 3.8) is 0 Å². The van der Waals surface area contributed by atoms with Gasteiger partial charge in [0.15, 0.2) is 0 Å². The van der Waals surface area contributed by atoms with E-state index in [1.165, 1.54) is 25.5 Å². The molecule has 1 rings (SSSR count). The van der Waals surface area contributed by atoms with E-state index in [-0.39, 0.29) is 5.91 Å². The molecule has 74 valence electrons. The maximum absolute atomic E-state index is 10.9. The van der Waals surface area contributed by atoms with Gasteiger partial charge in [-0.2, -0.15) is 0 Å². The van der Waals surface area contributed by atoms with Crippen LogP contribution in [0.15, 0.2) is 12.7 Å². The number of hydrogen-bond donors (Lipinski definition) is 1. The molecular formula is C10H18N2O. The summed E-state index contributed by atoms with van der Waals surface area (Å²) in [5, 5.41) is 2.84. The molecule has 0 aromatic rings. The lowest BCUT2D eigenvalue weighted by Crippen LogP contribution is -2.39. The molecule has 3 heteroatoms. The third-order valence-electron chi connectivity index (χ3n) is 2.60. The number of nitrogens with zero attached hydrogens (tertiary/aromatic N) is 1. The molecule has 1 N–H and O–H groups in total. The van der Waals surface area contributed by atoms with Gasteiger partial charge < -0.3 is 5.32 Å². The highest BCUT2D eigenvalue weighted by molar-refractivity contribution is 5.86. The molecule has 0 radical (unpaired) electrons. The van der Waals surface area contributed by atoms with Crippen LogP contribution in [0.5, 0.6) is 0 Å². The molecule has 0 aromatic heterocycles. The van der Waals surface area contributed by atoms with Crippen LogP contribution in [0.25, 0.3) is 0 Å². The summed E-state index contributed by atoms with van der Waals surface area (Å²) >= 11 is 0. The van der Waals surface area contributed by atoms with Crippen LogP contribution in [-0.2, 0) is 4.79 Å². The molecule has 1 atom stereocenters. The van der Waals surface area contributed by atoms with Gasteiger partial charge >= 0.3 is 0 Å². The minimum Gasteiger partial charge on any atom is -0.351 e. The summed E-state index contributed by atoms with van der Waals surface area (Å²) in [6, 6.07) is 0.536. The highest BCUT2D eigenvalue weighted by Gasteiger charge is 2.22. The Hall–Kier alpha value is -0.830. The van der Waals surface area contributed by atoms with Crippen LogP contribution in [0, 0.1) is 0 Å². The Bertz CT molecular complexity index is 191. The van der Waals surface area contributed by atoms with Crippen molar-refractivity contribution in [2.24, 2.45) is 0 Å². The van der Waals surface area contributed by atoms with Gasteiger partial charge in [-0.3, -0.25) is 9.69 Å². The first-order chi connectivity index (χ1) is 6.27. The number of hydrogen-bond acceptors (Lipinski definition) is 2. The molecule has 1 amide bonds. The van der Waals surface area contributed by atoms with E-state index in [1.807, 2.05) is 0 Å². The molecule has 1 aliphatic rings. The zero-order valence-corrected chi connectivity index (χ0v) is 8.25. The lowest BCUT2D eigenvalue weighted by Gasteiger charge is -2.22. The SMILES string of the molecule is C=CC(=O)NCC1CCCN1CC. The minimum atomic E-state index is -0.0667. The number of rotatable bonds is 4. The molecule has 1 fully saturated rings. The molecule has 0 saturated carbocycles. The second-order valence-electron chi connectivity index (χ2n) is 3.37. The van der Waals surface area contributed by atoms with Gasteiger partial charge in [0.1, 0.15) is 0 Å². The van der Waals surface area contributed by atoms with Crippen molar-refractivity contribution >= 4 is 5.91 Å². The fourth-order valence-electron chi connectivity index (χ4n) is 1.83. The van der Waals surface area contributed by atoms with E-state index in [0.29, 0.717) is 6.04 Å². The lowest BCUT2D eigenvalue weighted by molar-refractivity contribution is -0.116. The standard InChI is InChI=1S/C10H18N2O/c1-3-10(13)11-8-9-6-5-7-12(9)4-2/h3,9H,1,4-8H2,2H3,(H,11,13). The summed E-state index contributed by atoms with van der Waals surface area (Å²) in [5.74, 6) is -0.0667. The first kappa shape index (κ1) is 10.3. The smallest absolute Gasteiger partial charge is 0.243 e. The maximum atomic E-state index is 10.9. The van der Waals surface area contributed by atoms with Crippen molar-refractivity contribution < 1.29 is 4.79 Å². The highest BCUT2D eigenvalue weighted by Crippen LogP contribution is 2.15. The largest absolute Gasteiger partial charge is 0.351 e. The van der Waals surface area contributed by atoms with E-state index in [0.717, 1.165) is 13.1 Å². The Balaban J connectivity index is 2.27. The summed E-state index contributed by atoms with van der Waals surface area (Å²) in [6.45, 7) is 8.59. The molecule has 0 aromatic carbocycles. The Morgan fingerprint density at radius 3 is 3.15 bits per heavy atom. The average Bonchev–Trinajstić information content (AvgIpc) is 2.61. The van der Waals surface area contributed by atoms with Gasteiger partial charge in [0, 0.05) is 12.6 Å². The second kappa shape index (κ2) is 5.02. The van der Waals surface area contributed by atoms with Gasteiger partial charge in [-0.1, -0.05) is 13.5 Å². The van der Waals surface area contributed by atoms with Crippen molar-refractivity contribution in [3.8, 4) is 0 Å². The van der Waals surface area contributed by atoms with Crippen molar-refractivity contribution in [1.82, 2.24) is 10.2 Å². The zero-order chi connectivity index (χ0) is 9.68. The number of likely N-dealkylation sites (tertiary alicyclic amines) is 1.